The van der Waals surface area contributed by atoms with E-state index in [0.29, 0.717) is 33.7 Å². The molecule has 0 amide bonds. The summed E-state index contributed by atoms with van der Waals surface area (Å²) < 4.78 is 12.6. The second-order valence-electron chi connectivity index (χ2n) is 9.07. The Balaban J connectivity index is 1.49. The van der Waals surface area contributed by atoms with Gasteiger partial charge in [-0.15, -0.1) is 0 Å². The van der Waals surface area contributed by atoms with Crippen molar-refractivity contribution in [2.75, 3.05) is 12.4 Å². The van der Waals surface area contributed by atoms with Crippen molar-refractivity contribution in [3.05, 3.63) is 97.0 Å². The quantitative estimate of drug-likeness (QED) is 0.284. The summed E-state index contributed by atoms with van der Waals surface area (Å²) in [4.78, 5) is 12.0. The van der Waals surface area contributed by atoms with Crippen LogP contribution in [0.15, 0.2) is 59.1 Å². The lowest BCUT2D eigenvalue weighted by atomic mass is 9.74. The Bertz CT molecular complexity index is 1390. The van der Waals surface area contributed by atoms with Gasteiger partial charge in [0, 0.05) is 11.6 Å². The van der Waals surface area contributed by atoms with Gasteiger partial charge in [0.05, 0.1) is 33.2 Å². The van der Waals surface area contributed by atoms with Crippen LogP contribution in [0.5, 0.6) is 11.5 Å². The summed E-state index contributed by atoms with van der Waals surface area (Å²) in [6, 6.07) is 13.0. The number of carbonyl (C=O) groups is 1. The van der Waals surface area contributed by atoms with Gasteiger partial charge in [-0.1, -0.05) is 47.5 Å². The van der Waals surface area contributed by atoms with Crippen LogP contribution < -0.4 is 14.8 Å². The molecule has 2 aliphatic rings. The number of nitrogens with one attached hydrogen (secondary N) is 1. The Hall–Kier alpha value is -2.67. The van der Waals surface area contributed by atoms with Crippen molar-refractivity contribution < 1.29 is 19.4 Å². The van der Waals surface area contributed by atoms with Gasteiger partial charge in [0.15, 0.2) is 11.5 Å². The minimum absolute atomic E-state index is 0.0209. The standard InChI is InChI=1S/C28H24BrCl2NO4/c1-14-6-8-19(28(33)34)24-17-4-3-5-18(17)26(32-25(14)24)16-11-20(29)27(23(12-16)35-2)36-13-15-7-9-21(30)22(31)10-15/h3-4,6-12,17-18,26,32H,5,13H2,1-2H3,(H,33,34)/t17-,18+,26+/m1/s1. The molecular formula is C28H24BrCl2NO4. The van der Waals surface area contributed by atoms with Gasteiger partial charge in [0.2, 0.25) is 0 Å². The maximum absolute atomic E-state index is 12.0. The maximum Gasteiger partial charge on any atom is 0.336 e. The molecular weight excluding hydrogens is 565 g/mol. The van der Waals surface area contributed by atoms with Gasteiger partial charge in [-0.05, 0) is 87.8 Å². The molecule has 3 aromatic carbocycles. The van der Waals surface area contributed by atoms with E-state index in [2.05, 4.69) is 33.4 Å². The highest BCUT2D eigenvalue weighted by Crippen LogP contribution is 2.53. The molecule has 5 nitrogen and oxygen atoms in total. The zero-order chi connectivity index (χ0) is 25.6. The van der Waals surface area contributed by atoms with Gasteiger partial charge in [0.1, 0.15) is 6.61 Å². The van der Waals surface area contributed by atoms with Crippen LogP contribution in [0, 0.1) is 12.8 Å². The molecule has 0 aromatic heterocycles. The third-order valence-corrected chi connectivity index (χ3v) is 8.26. The number of methoxy groups -OCH3 is 1. The van der Waals surface area contributed by atoms with Gasteiger partial charge in [-0.2, -0.15) is 0 Å². The summed E-state index contributed by atoms with van der Waals surface area (Å²) in [5, 5.41) is 14.5. The zero-order valence-electron chi connectivity index (χ0n) is 19.6. The van der Waals surface area contributed by atoms with Gasteiger partial charge in [-0.25, -0.2) is 4.79 Å². The number of halogens is 3. The number of hydrogen-bond donors (Lipinski definition) is 2. The number of aryl methyl sites for hydroxylation is 1. The minimum Gasteiger partial charge on any atom is -0.493 e. The topological polar surface area (TPSA) is 67.8 Å². The van der Waals surface area contributed by atoms with E-state index in [1.54, 1.807) is 25.3 Å². The number of hydrogen-bond acceptors (Lipinski definition) is 4. The van der Waals surface area contributed by atoms with Crippen LogP contribution >= 0.6 is 39.1 Å². The lowest BCUT2D eigenvalue weighted by molar-refractivity contribution is 0.0695. The Kier molecular flexibility index (Phi) is 6.95. The fraction of sp³-hybridized carbons (Fsp3) is 0.250. The molecule has 3 aromatic rings. The Labute approximate surface area is 228 Å². The SMILES string of the molecule is COc1cc([C@@H]2Nc3c(C)ccc(C(=O)O)c3[C@@H]3C=CC[C@@H]32)cc(Br)c1OCc1ccc(Cl)c(Cl)c1. The average Bonchev–Trinajstić information content (AvgIpc) is 3.34. The van der Waals surface area contributed by atoms with Crippen molar-refractivity contribution in [2.24, 2.45) is 5.92 Å². The highest BCUT2D eigenvalue weighted by molar-refractivity contribution is 9.10. The first-order chi connectivity index (χ1) is 17.3. The average molecular weight is 589 g/mol. The molecule has 0 unspecified atom stereocenters. The lowest BCUT2D eigenvalue weighted by Crippen LogP contribution is -2.31. The van der Waals surface area contributed by atoms with Crippen molar-refractivity contribution in [3.8, 4) is 11.5 Å². The predicted molar refractivity (Wildman–Crippen MR) is 146 cm³/mol. The summed E-state index contributed by atoms with van der Waals surface area (Å²) in [7, 11) is 1.62. The fourth-order valence-corrected chi connectivity index (χ4v) is 6.11. The summed E-state index contributed by atoms with van der Waals surface area (Å²) >= 11 is 15.9. The number of carboxylic acids is 1. The molecule has 8 heteroatoms. The first-order valence-corrected chi connectivity index (χ1v) is 13.1. The lowest BCUT2D eigenvalue weighted by Gasteiger charge is -2.39. The first kappa shape index (κ1) is 25.0. The van der Waals surface area contributed by atoms with Crippen LogP contribution in [0.2, 0.25) is 10.0 Å². The summed E-state index contributed by atoms with van der Waals surface area (Å²) in [6.45, 7) is 2.30. The van der Waals surface area contributed by atoms with Crippen molar-refractivity contribution in [1.29, 1.82) is 0 Å². The molecule has 0 saturated heterocycles. The number of anilines is 1. The molecule has 3 atom stereocenters. The number of fused-ring (bicyclic) bond motifs is 3. The monoisotopic (exact) mass is 587 g/mol. The van der Waals surface area contributed by atoms with E-state index in [0.717, 1.165) is 38.8 Å². The van der Waals surface area contributed by atoms with Crippen molar-refractivity contribution in [2.45, 2.75) is 31.9 Å². The second kappa shape index (κ2) is 10.0. The van der Waals surface area contributed by atoms with Crippen molar-refractivity contribution >= 4 is 50.8 Å². The van der Waals surface area contributed by atoms with E-state index in [1.165, 1.54) is 0 Å². The number of aromatic carboxylic acids is 1. The molecule has 2 N–H and O–H groups in total. The van der Waals surface area contributed by atoms with Crippen LogP contribution in [0.3, 0.4) is 0 Å². The van der Waals surface area contributed by atoms with Crippen LogP contribution in [-0.2, 0) is 6.61 Å². The second-order valence-corrected chi connectivity index (χ2v) is 10.7. The first-order valence-electron chi connectivity index (χ1n) is 11.5. The number of rotatable bonds is 6. The maximum atomic E-state index is 12.0. The molecule has 1 aliphatic carbocycles. The molecule has 1 aliphatic heterocycles. The van der Waals surface area contributed by atoms with Gasteiger partial charge >= 0.3 is 5.97 Å². The van der Waals surface area contributed by atoms with E-state index in [-0.39, 0.29) is 17.9 Å². The molecule has 186 valence electrons. The van der Waals surface area contributed by atoms with Crippen LogP contribution in [0.4, 0.5) is 5.69 Å². The zero-order valence-corrected chi connectivity index (χ0v) is 22.7. The Morgan fingerprint density at radius 1 is 1.17 bits per heavy atom. The van der Waals surface area contributed by atoms with E-state index in [1.807, 2.05) is 31.2 Å². The molecule has 0 fully saturated rings. The third kappa shape index (κ3) is 4.47. The minimum atomic E-state index is -0.904. The van der Waals surface area contributed by atoms with E-state index >= 15 is 0 Å². The van der Waals surface area contributed by atoms with Crippen LogP contribution in [0.25, 0.3) is 0 Å². The smallest absolute Gasteiger partial charge is 0.336 e. The third-order valence-electron chi connectivity index (χ3n) is 6.94. The molecule has 0 saturated carbocycles. The Morgan fingerprint density at radius 2 is 1.97 bits per heavy atom. The van der Waals surface area contributed by atoms with E-state index in [9.17, 15) is 9.90 Å². The Morgan fingerprint density at radius 3 is 2.69 bits per heavy atom. The molecule has 5 rings (SSSR count). The summed E-state index contributed by atoms with van der Waals surface area (Å²) in [5.41, 5.74) is 5.05. The highest BCUT2D eigenvalue weighted by atomic mass is 79.9. The van der Waals surface area contributed by atoms with Crippen LogP contribution in [-0.4, -0.2) is 18.2 Å². The molecule has 0 spiro atoms. The summed E-state index contributed by atoms with van der Waals surface area (Å²) in [6.07, 6.45) is 5.14. The number of allylic oxidation sites excluding steroid dienone is 2. The summed E-state index contributed by atoms with van der Waals surface area (Å²) in [5.74, 6) is 0.488. The van der Waals surface area contributed by atoms with E-state index in [4.69, 9.17) is 32.7 Å². The van der Waals surface area contributed by atoms with Gasteiger partial charge in [-0.3, -0.25) is 0 Å². The highest BCUT2D eigenvalue weighted by Gasteiger charge is 2.41. The van der Waals surface area contributed by atoms with Gasteiger partial charge in [0.25, 0.3) is 0 Å². The fourth-order valence-electron chi connectivity index (χ4n) is 5.22. The van der Waals surface area contributed by atoms with Crippen molar-refractivity contribution in [3.63, 3.8) is 0 Å². The van der Waals surface area contributed by atoms with Gasteiger partial charge < -0.3 is 19.9 Å². The predicted octanol–water partition coefficient (Wildman–Crippen LogP) is 8.18. The van der Waals surface area contributed by atoms with Crippen molar-refractivity contribution in [1.82, 2.24) is 0 Å². The molecule has 36 heavy (non-hydrogen) atoms. The largest absolute Gasteiger partial charge is 0.493 e. The molecule has 0 bridgehead atoms. The number of ether oxygens (including phenoxy) is 2. The van der Waals surface area contributed by atoms with Crippen LogP contribution in [0.1, 0.15) is 51.0 Å². The molecule has 1 heterocycles. The number of benzene rings is 3. The van der Waals surface area contributed by atoms with E-state index < -0.39 is 5.97 Å². The normalized spacial score (nSPS) is 19.9. The number of carboxylic acid groups (broad SMARTS) is 1. The molecule has 0 radical (unpaired) electrons.